The van der Waals surface area contributed by atoms with Crippen molar-refractivity contribution in [1.29, 1.82) is 0 Å². The number of ether oxygens (including phenoxy) is 1. The van der Waals surface area contributed by atoms with Crippen molar-refractivity contribution in [2.24, 2.45) is 5.92 Å². The first-order chi connectivity index (χ1) is 5.27. The van der Waals surface area contributed by atoms with Gasteiger partial charge in [0.25, 0.3) is 0 Å². The molecule has 1 aliphatic rings. The fourth-order valence-corrected chi connectivity index (χ4v) is 0.832. The molecule has 0 N–H and O–H groups in total. The second-order valence-electron chi connectivity index (χ2n) is 2.17. The van der Waals surface area contributed by atoms with E-state index in [0.29, 0.717) is 12.0 Å². The summed E-state index contributed by atoms with van der Waals surface area (Å²) in [5.41, 5.74) is 0. The highest BCUT2D eigenvalue weighted by Gasteiger charge is 2.16. The Labute approximate surface area is 64.3 Å². The molecular weight excluding hydrogens is 144 g/mol. The molecular formula is C8H8O3. The van der Waals surface area contributed by atoms with Gasteiger partial charge in [-0.3, -0.25) is 4.79 Å². The van der Waals surface area contributed by atoms with Gasteiger partial charge in [-0.05, 0) is 18.2 Å². The Kier molecular flexibility index (Phi) is 2.21. The molecule has 0 aromatic carbocycles. The summed E-state index contributed by atoms with van der Waals surface area (Å²) in [4.78, 5) is 21.1. The number of hydrogen-bond acceptors (Lipinski definition) is 3. The molecule has 1 unspecified atom stereocenters. The standard InChI is InChI=1S/C8H8O3/c1-11-7-2-3-8(10)6(4-7)5-9/h2-6H,1H3. The van der Waals surface area contributed by atoms with Crippen LogP contribution >= 0.6 is 0 Å². The number of rotatable bonds is 2. The number of methoxy groups -OCH3 is 1. The van der Waals surface area contributed by atoms with E-state index in [2.05, 4.69) is 0 Å². The molecule has 0 heterocycles. The Hall–Kier alpha value is -1.38. The van der Waals surface area contributed by atoms with Crippen LogP contribution in [0.4, 0.5) is 0 Å². The second-order valence-corrected chi connectivity index (χ2v) is 2.17. The van der Waals surface area contributed by atoms with Gasteiger partial charge in [-0.15, -0.1) is 0 Å². The summed E-state index contributed by atoms with van der Waals surface area (Å²) in [6, 6.07) is 0. The van der Waals surface area contributed by atoms with Gasteiger partial charge < -0.3 is 9.53 Å². The van der Waals surface area contributed by atoms with Crippen molar-refractivity contribution in [3.63, 3.8) is 0 Å². The molecule has 0 fully saturated rings. The summed E-state index contributed by atoms with van der Waals surface area (Å²) in [7, 11) is 1.49. The van der Waals surface area contributed by atoms with Crippen LogP contribution in [0.15, 0.2) is 24.0 Å². The Morgan fingerprint density at radius 1 is 1.55 bits per heavy atom. The molecule has 58 valence electrons. The fraction of sp³-hybridized carbons (Fsp3) is 0.250. The normalized spacial score (nSPS) is 22.8. The molecule has 3 heteroatoms. The first-order valence-electron chi connectivity index (χ1n) is 3.21. The van der Waals surface area contributed by atoms with Crippen LogP contribution in [-0.2, 0) is 14.3 Å². The van der Waals surface area contributed by atoms with E-state index in [-0.39, 0.29) is 5.78 Å². The van der Waals surface area contributed by atoms with Gasteiger partial charge in [-0.2, -0.15) is 0 Å². The fourth-order valence-electron chi connectivity index (χ4n) is 0.832. The van der Waals surface area contributed by atoms with Crippen molar-refractivity contribution in [3.8, 4) is 0 Å². The molecule has 0 saturated heterocycles. The molecule has 0 saturated carbocycles. The lowest BCUT2D eigenvalue weighted by molar-refractivity contribution is -0.122. The zero-order valence-corrected chi connectivity index (χ0v) is 6.11. The minimum atomic E-state index is -0.657. The van der Waals surface area contributed by atoms with Crippen LogP contribution in [0, 0.1) is 5.92 Å². The monoisotopic (exact) mass is 152 g/mol. The lowest BCUT2D eigenvalue weighted by Crippen LogP contribution is -2.14. The number of carbonyl (C=O) groups excluding carboxylic acids is 2. The van der Waals surface area contributed by atoms with E-state index in [1.165, 1.54) is 19.3 Å². The summed E-state index contributed by atoms with van der Waals surface area (Å²) >= 11 is 0. The highest BCUT2D eigenvalue weighted by molar-refractivity contribution is 6.03. The van der Waals surface area contributed by atoms with Crippen LogP contribution in [0.3, 0.4) is 0 Å². The first kappa shape index (κ1) is 7.72. The van der Waals surface area contributed by atoms with Gasteiger partial charge in [0.05, 0.1) is 13.0 Å². The number of allylic oxidation sites excluding steroid dienone is 3. The summed E-state index contributed by atoms with van der Waals surface area (Å²) in [5.74, 6) is -0.294. The molecule has 0 spiro atoms. The third-order valence-electron chi connectivity index (χ3n) is 1.47. The third-order valence-corrected chi connectivity index (χ3v) is 1.47. The predicted octanol–water partition coefficient (Wildman–Crippen LogP) is 0.471. The van der Waals surface area contributed by atoms with Crippen molar-refractivity contribution in [3.05, 3.63) is 24.0 Å². The molecule has 0 radical (unpaired) electrons. The summed E-state index contributed by atoms with van der Waals surface area (Å²) < 4.78 is 4.83. The van der Waals surface area contributed by atoms with Crippen LogP contribution in [0.2, 0.25) is 0 Å². The van der Waals surface area contributed by atoms with Crippen LogP contribution in [0.5, 0.6) is 0 Å². The molecule has 0 amide bonds. The van der Waals surface area contributed by atoms with Crippen LogP contribution < -0.4 is 0 Å². The van der Waals surface area contributed by atoms with E-state index in [1.54, 1.807) is 6.08 Å². The van der Waals surface area contributed by atoms with Crippen molar-refractivity contribution in [2.45, 2.75) is 0 Å². The van der Waals surface area contributed by atoms with E-state index < -0.39 is 5.92 Å². The van der Waals surface area contributed by atoms with E-state index >= 15 is 0 Å². The highest BCUT2D eigenvalue weighted by Crippen LogP contribution is 2.11. The smallest absolute Gasteiger partial charge is 0.169 e. The van der Waals surface area contributed by atoms with Gasteiger partial charge in [0, 0.05) is 0 Å². The Morgan fingerprint density at radius 2 is 2.27 bits per heavy atom. The summed E-state index contributed by atoms with van der Waals surface area (Å²) in [6.07, 6.45) is 4.99. The molecule has 3 nitrogen and oxygen atoms in total. The minimum absolute atomic E-state index is 0.194. The van der Waals surface area contributed by atoms with E-state index in [1.807, 2.05) is 0 Å². The third kappa shape index (κ3) is 1.55. The summed E-state index contributed by atoms with van der Waals surface area (Å²) in [5, 5.41) is 0. The van der Waals surface area contributed by atoms with Crippen molar-refractivity contribution in [2.75, 3.05) is 7.11 Å². The molecule has 1 rings (SSSR count). The number of carbonyl (C=O) groups is 2. The molecule has 0 aromatic heterocycles. The Bertz CT molecular complexity index is 238. The summed E-state index contributed by atoms with van der Waals surface area (Å²) in [6.45, 7) is 0. The average molecular weight is 152 g/mol. The van der Waals surface area contributed by atoms with Gasteiger partial charge in [-0.1, -0.05) is 0 Å². The Balaban J connectivity index is 2.82. The van der Waals surface area contributed by atoms with E-state index in [0.717, 1.165) is 0 Å². The highest BCUT2D eigenvalue weighted by atomic mass is 16.5. The lowest BCUT2D eigenvalue weighted by Gasteiger charge is -2.08. The second kappa shape index (κ2) is 3.14. The van der Waals surface area contributed by atoms with Gasteiger partial charge >= 0.3 is 0 Å². The lowest BCUT2D eigenvalue weighted by atomic mass is 10.0. The largest absolute Gasteiger partial charge is 0.497 e. The van der Waals surface area contributed by atoms with Crippen molar-refractivity contribution >= 4 is 12.1 Å². The number of aldehydes is 1. The molecule has 1 atom stereocenters. The molecule has 0 bridgehead atoms. The molecule has 1 aliphatic carbocycles. The van der Waals surface area contributed by atoms with Crippen LogP contribution in [-0.4, -0.2) is 19.2 Å². The number of hydrogen-bond donors (Lipinski definition) is 0. The van der Waals surface area contributed by atoms with Gasteiger partial charge in [0.2, 0.25) is 0 Å². The zero-order valence-electron chi connectivity index (χ0n) is 6.11. The van der Waals surface area contributed by atoms with Crippen LogP contribution in [0.25, 0.3) is 0 Å². The first-order valence-corrected chi connectivity index (χ1v) is 3.21. The quantitative estimate of drug-likeness (QED) is 0.426. The van der Waals surface area contributed by atoms with E-state index in [9.17, 15) is 9.59 Å². The predicted molar refractivity (Wildman–Crippen MR) is 38.8 cm³/mol. The van der Waals surface area contributed by atoms with Gasteiger partial charge in [0.1, 0.15) is 12.0 Å². The van der Waals surface area contributed by atoms with E-state index in [4.69, 9.17) is 4.74 Å². The van der Waals surface area contributed by atoms with Gasteiger partial charge in [-0.25, -0.2) is 0 Å². The SMILES string of the molecule is COC1=CC(C=O)C(=O)C=C1. The van der Waals surface area contributed by atoms with Crippen LogP contribution in [0.1, 0.15) is 0 Å². The van der Waals surface area contributed by atoms with Crippen molar-refractivity contribution in [1.82, 2.24) is 0 Å². The average Bonchev–Trinajstić information content (AvgIpc) is 2.05. The molecule has 0 aliphatic heterocycles. The van der Waals surface area contributed by atoms with Gasteiger partial charge in [0.15, 0.2) is 5.78 Å². The zero-order chi connectivity index (χ0) is 8.27. The maximum absolute atomic E-state index is 10.9. The number of ketones is 1. The van der Waals surface area contributed by atoms with Crippen molar-refractivity contribution < 1.29 is 14.3 Å². The Morgan fingerprint density at radius 3 is 2.82 bits per heavy atom. The minimum Gasteiger partial charge on any atom is -0.497 e. The topological polar surface area (TPSA) is 43.4 Å². The molecule has 11 heavy (non-hydrogen) atoms. The molecule has 0 aromatic rings. The maximum atomic E-state index is 10.9. The maximum Gasteiger partial charge on any atom is 0.169 e.